The highest BCUT2D eigenvalue weighted by Gasteiger charge is 2.22. The zero-order valence-electron chi connectivity index (χ0n) is 9.60. The van der Waals surface area contributed by atoms with Crippen LogP contribution in [0.4, 0.5) is 0 Å². The van der Waals surface area contributed by atoms with Gasteiger partial charge in [-0.15, -0.1) is 10.2 Å². The average Bonchev–Trinajstić information content (AvgIpc) is 2.83. The zero-order chi connectivity index (χ0) is 11.1. The van der Waals surface area contributed by atoms with Crippen molar-refractivity contribution in [2.24, 2.45) is 5.92 Å². The number of rotatable bonds is 1. The van der Waals surface area contributed by atoms with E-state index < -0.39 is 0 Å². The first kappa shape index (κ1) is 9.63. The number of hydrogen-bond donors (Lipinski definition) is 0. The minimum Gasteiger partial charge on any atom is -0.458 e. The second-order valence-electron chi connectivity index (χ2n) is 4.60. The molecule has 4 heteroatoms. The zero-order valence-corrected chi connectivity index (χ0v) is 9.60. The van der Waals surface area contributed by atoms with Crippen molar-refractivity contribution < 1.29 is 4.42 Å². The maximum Gasteiger partial charge on any atom is 0.199 e. The predicted octanol–water partition coefficient (Wildman–Crippen LogP) is 2.43. The lowest BCUT2D eigenvalue weighted by atomic mass is 10.0. The highest BCUT2D eigenvalue weighted by Crippen LogP contribution is 2.26. The number of fused-ring (bicyclic) bond motifs is 1. The van der Waals surface area contributed by atoms with Gasteiger partial charge in [0.2, 0.25) is 0 Å². The van der Waals surface area contributed by atoms with Gasteiger partial charge in [-0.05, 0) is 31.4 Å². The third kappa shape index (κ3) is 1.45. The Morgan fingerprint density at radius 1 is 1.38 bits per heavy atom. The minimum absolute atomic E-state index is 0.711. The molecule has 0 bridgehead atoms. The van der Waals surface area contributed by atoms with E-state index in [1.807, 2.05) is 19.1 Å². The lowest BCUT2D eigenvalue weighted by Crippen LogP contribution is -2.17. The van der Waals surface area contributed by atoms with Gasteiger partial charge >= 0.3 is 0 Å². The summed E-state index contributed by atoms with van der Waals surface area (Å²) in [6, 6.07) is 3.92. The molecule has 3 rings (SSSR count). The van der Waals surface area contributed by atoms with Crippen LogP contribution in [0.3, 0.4) is 0 Å². The Morgan fingerprint density at radius 2 is 2.25 bits per heavy atom. The highest BCUT2D eigenvalue weighted by atomic mass is 16.3. The Bertz CT molecular complexity index is 512. The fraction of sp³-hybridized carbons (Fsp3) is 0.500. The molecule has 0 aromatic carbocycles. The molecule has 2 aromatic heterocycles. The summed E-state index contributed by atoms with van der Waals surface area (Å²) in [6.07, 6.45) is 2.21. The van der Waals surface area contributed by atoms with Crippen LogP contribution < -0.4 is 0 Å². The molecular formula is C12H15N3O. The lowest BCUT2D eigenvalue weighted by Gasteiger charge is -2.19. The van der Waals surface area contributed by atoms with Gasteiger partial charge in [-0.3, -0.25) is 0 Å². The molecule has 16 heavy (non-hydrogen) atoms. The maximum atomic E-state index is 5.60. The molecule has 1 aliphatic heterocycles. The van der Waals surface area contributed by atoms with E-state index in [1.54, 1.807) is 0 Å². The van der Waals surface area contributed by atoms with Crippen molar-refractivity contribution in [2.75, 3.05) is 0 Å². The van der Waals surface area contributed by atoms with Crippen molar-refractivity contribution in [1.82, 2.24) is 14.8 Å². The molecule has 0 aliphatic carbocycles. The van der Waals surface area contributed by atoms with Crippen LogP contribution in [0.25, 0.3) is 11.6 Å². The van der Waals surface area contributed by atoms with Gasteiger partial charge in [0.15, 0.2) is 11.6 Å². The van der Waals surface area contributed by atoms with Crippen molar-refractivity contribution in [2.45, 2.75) is 33.2 Å². The predicted molar refractivity (Wildman–Crippen MR) is 59.9 cm³/mol. The molecule has 0 saturated carbocycles. The van der Waals surface area contributed by atoms with Gasteiger partial charge in [-0.1, -0.05) is 6.92 Å². The quantitative estimate of drug-likeness (QED) is 0.736. The molecular weight excluding hydrogens is 202 g/mol. The average molecular weight is 217 g/mol. The summed E-state index contributed by atoms with van der Waals surface area (Å²) >= 11 is 0. The molecule has 0 amide bonds. The van der Waals surface area contributed by atoms with Gasteiger partial charge in [0, 0.05) is 13.0 Å². The molecule has 0 radical (unpaired) electrons. The van der Waals surface area contributed by atoms with E-state index in [-0.39, 0.29) is 0 Å². The third-order valence-electron chi connectivity index (χ3n) is 3.16. The van der Waals surface area contributed by atoms with Gasteiger partial charge in [0.05, 0.1) is 0 Å². The Morgan fingerprint density at radius 3 is 3.00 bits per heavy atom. The fourth-order valence-electron chi connectivity index (χ4n) is 2.22. The second kappa shape index (κ2) is 3.47. The summed E-state index contributed by atoms with van der Waals surface area (Å²) in [6.45, 7) is 5.20. The standard InChI is InChI=1S/C12H15N3O/c1-8-5-6-15-11(7-8)13-14-12(15)10-4-3-9(2)16-10/h3-4,8H,5-7H2,1-2H3. The van der Waals surface area contributed by atoms with E-state index in [1.165, 1.54) is 6.42 Å². The molecule has 84 valence electrons. The third-order valence-corrected chi connectivity index (χ3v) is 3.16. The lowest BCUT2D eigenvalue weighted by molar-refractivity contribution is 0.408. The Kier molecular flexibility index (Phi) is 2.09. The number of hydrogen-bond acceptors (Lipinski definition) is 3. The van der Waals surface area contributed by atoms with E-state index in [2.05, 4.69) is 21.7 Å². The molecule has 0 spiro atoms. The van der Waals surface area contributed by atoms with Gasteiger partial charge in [-0.25, -0.2) is 0 Å². The van der Waals surface area contributed by atoms with Crippen LogP contribution in [0.1, 0.15) is 24.9 Å². The Hall–Kier alpha value is -1.58. The molecule has 0 saturated heterocycles. The van der Waals surface area contributed by atoms with Crippen LogP contribution in [0.15, 0.2) is 16.5 Å². The van der Waals surface area contributed by atoms with Gasteiger partial charge < -0.3 is 8.98 Å². The number of nitrogens with zero attached hydrogens (tertiary/aromatic N) is 3. The van der Waals surface area contributed by atoms with Gasteiger partial charge in [0.1, 0.15) is 11.6 Å². The molecule has 2 aromatic rings. The van der Waals surface area contributed by atoms with Crippen molar-refractivity contribution in [3.8, 4) is 11.6 Å². The smallest absolute Gasteiger partial charge is 0.199 e. The maximum absolute atomic E-state index is 5.60. The van der Waals surface area contributed by atoms with Crippen LogP contribution in [-0.2, 0) is 13.0 Å². The summed E-state index contributed by atoms with van der Waals surface area (Å²) in [5.74, 6) is 4.41. The molecule has 1 unspecified atom stereocenters. The number of furan rings is 1. The van der Waals surface area contributed by atoms with E-state index in [4.69, 9.17) is 4.42 Å². The summed E-state index contributed by atoms with van der Waals surface area (Å²) in [7, 11) is 0. The van der Waals surface area contributed by atoms with Gasteiger partial charge in [-0.2, -0.15) is 0 Å². The van der Waals surface area contributed by atoms with Crippen molar-refractivity contribution >= 4 is 0 Å². The van der Waals surface area contributed by atoms with E-state index in [0.717, 1.165) is 36.1 Å². The molecule has 3 heterocycles. The number of aryl methyl sites for hydroxylation is 1. The molecule has 0 fully saturated rings. The van der Waals surface area contributed by atoms with Crippen LogP contribution in [0.5, 0.6) is 0 Å². The van der Waals surface area contributed by atoms with Crippen molar-refractivity contribution in [1.29, 1.82) is 0 Å². The largest absolute Gasteiger partial charge is 0.458 e. The van der Waals surface area contributed by atoms with E-state index in [0.29, 0.717) is 5.92 Å². The first-order valence-corrected chi connectivity index (χ1v) is 5.73. The SMILES string of the molecule is Cc1ccc(-c2nnc3n2CCC(C)C3)o1. The normalized spacial score (nSPS) is 19.8. The van der Waals surface area contributed by atoms with Crippen LogP contribution in [-0.4, -0.2) is 14.8 Å². The van der Waals surface area contributed by atoms with Crippen LogP contribution in [0.2, 0.25) is 0 Å². The molecule has 1 aliphatic rings. The summed E-state index contributed by atoms with van der Waals surface area (Å²) in [4.78, 5) is 0. The number of aromatic nitrogens is 3. The summed E-state index contributed by atoms with van der Waals surface area (Å²) in [5.41, 5.74) is 0. The van der Waals surface area contributed by atoms with Crippen molar-refractivity contribution in [3.63, 3.8) is 0 Å². The first-order chi connectivity index (χ1) is 7.74. The van der Waals surface area contributed by atoms with Crippen LogP contribution >= 0.6 is 0 Å². The van der Waals surface area contributed by atoms with Crippen molar-refractivity contribution in [3.05, 3.63) is 23.7 Å². The molecule has 4 nitrogen and oxygen atoms in total. The monoisotopic (exact) mass is 217 g/mol. The van der Waals surface area contributed by atoms with E-state index >= 15 is 0 Å². The Labute approximate surface area is 94.3 Å². The van der Waals surface area contributed by atoms with E-state index in [9.17, 15) is 0 Å². The fourth-order valence-corrected chi connectivity index (χ4v) is 2.22. The minimum atomic E-state index is 0.711. The summed E-state index contributed by atoms with van der Waals surface area (Å²) < 4.78 is 7.78. The first-order valence-electron chi connectivity index (χ1n) is 5.73. The molecule has 1 atom stereocenters. The van der Waals surface area contributed by atoms with Gasteiger partial charge in [0.25, 0.3) is 0 Å². The highest BCUT2D eigenvalue weighted by molar-refractivity contribution is 5.47. The topological polar surface area (TPSA) is 43.9 Å². The van der Waals surface area contributed by atoms with Crippen LogP contribution in [0, 0.1) is 12.8 Å². The molecule has 0 N–H and O–H groups in total. The Balaban J connectivity index is 2.03. The second-order valence-corrected chi connectivity index (χ2v) is 4.60. The summed E-state index contributed by atoms with van der Waals surface area (Å²) in [5, 5.41) is 8.48.